The molecule has 16 heteroatoms. The third kappa shape index (κ3) is 7.73. The Morgan fingerprint density at radius 2 is 1.46 bits per heavy atom. The Bertz CT molecular complexity index is 2340. The van der Waals surface area contributed by atoms with Crippen LogP contribution in [0.4, 0.5) is 0 Å². The summed E-state index contributed by atoms with van der Waals surface area (Å²) < 4.78 is 30.3. The lowest BCUT2D eigenvalue weighted by Gasteiger charge is -2.67. The van der Waals surface area contributed by atoms with Gasteiger partial charge in [0.05, 0.1) is 35.6 Å². The number of amides is 1. The summed E-state index contributed by atoms with van der Waals surface area (Å²) in [5.41, 5.74) is -7.21. The summed E-state index contributed by atoms with van der Waals surface area (Å²) in [5.74, 6) is -6.95. The lowest BCUT2D eigenvalue weighted by Crippen LogP contribution is -2.82. The summed E-state index contributed by atoms with van der Waals surface area (Å²) >= 11 is 6.16. The molecule has 334 valence electrons. The van der Waals surface area contributed by atoms with E-state index in [9.17, 15) is 39.3 Å². The van der Waals surface area contributed by atoms with E-state index in [4.69, 9.17) is 35.3 Å². The first-order valence-corrected chi connectivity index (χ1v) is 21.0. The van der Waals surface area contributed by atoms with Crippen molar-refractivity contribution in [2.24, 2.45) is 16.7 Å². The zero-order chi connectivity index (χ0) is 45.8. The lowest BCUT2D eigenvalue weighted by molar-refractivity contribution is -0.346. The predicted molar refractivity (Wildman–Crippen MR) is 223 cm³/mol. The van der Waals surface area contributed by atoms with Crippen molar-refractivity contribution in [3.05, 3.63) is 118 Å². The number of hydrogen-bond donors (Lipinski definition) is 4. The largest absolute Gasteiger partial charge is 0.456 e. The SMILES string of the molecule is CC(=O)O[C@H]1C(=O)[C@@]2(C)[C@H]([C@H](OC(=O)c3ccccc3)[C@]3(O)C[C@H](OC(=O)[C@H](O)[C@@H](NC(=O)c4ccccc4)c4ccc(Cl)cc4)C(C)=C1C3(C)C)[C@]1(OC(C)=O)CO[C@@H]1C[C@@H]2O. The maximum Gasteiger partial charge on any atom is 0.338 e. The maximum absolute atomic E-state index is 15.5. The molecule has 0 unspecified atom stereocenters. The van der Waals surface area contributed by atoms with Crippen LogP contribution in [-0.2, 0) is 42.9 Å². The second kappa shape index (κ2) is 16.9. The Balaban J connectivity index is 1.39. The van der Waals surface area contributed by atoms with Gasteiger partial charge in [0, 0.05) is 42.7 Å². The number of carbonyl (C=O) groups excluding carboxylic acids is 6. The first kappa shape index (κ1) is 45.6. The van der Waals surface area contributed by atoms with E-state index in [-0.39, 0.29) is 40.9 Å². The first-order valence-electron chi connectivity index (χ1n) is 20.6. The van der Waals surface area contributed by atoms with Crippen molar-refractivity contribution in [1.82, 2.24) is 5.32 Å². The molecule has 3 aromatic rings. The number of esters is 4. The maximum atomic E-state index is 15.5. The van der Waals surface area contributed by atoms with Gasteiger partial charge in [-0.15, -0.1) is 0 Å². The molecule has 4 aliphatic rings. The van der Waals surface area contributed by atoms with Gasteiger partial charge >= 0.3 is 23.9 Å². The molecule has 3 fully saturated rings. The third-order valence-electron chi connectivity index (χ3n) is 13.6. The van der Waals surface area contributed by atoms with Crippen LogP contribution in [0.1, 0.15) is 86.7 Å². The fourth-order valence-electron chi connectivity index (χ4n) is 10.2. The highest BCUT2D eigenvalue weighted by atomic mass is 35.5. The van der Waals surface area contributed by atoms with Crippen molar-refractivity contribution in [3.8, 4) is 0 Å². The number of Topliss-reactive ketones (excluding diaryl/α,β-unsaturated/α-hetero) is 1. The quantitative estimate of drug-likeness (QED) is 0.126. The normalized spacial score (nSPS) is 31.6. The van der Waals surface area contributed by atoms with E-state index >= 15 is 4.79 Å². The Kier molecular flexibility index (Phi) is 12.2. The van der Waals surface area contributed by atoms with Crippen LogP contribution in [0, 0.1) is 16.7 Å². The Labute approximate surface area is 368 Å². The summed E-state index contributed by atoms with van der Waals surface area (Å²) in [4.78, 5) is 83.6. The number of aliphatic hydroxyl groups is 3. The standard InChI is InChI=1S/C47H50ClNO14/c1-24-31(61-43(57)36(53)35(27-17-19-30(48)20-18-27)49-41(55)28-13-9-7-10-14-28)22-47(58)40(62-42(56)29-15-11-8-12-16-29)38-45(6,32(52)21-33-46(38,23-59-33)63-26(3)51)39(54)37(60-25(2)50)34(24)44(47,4)5/h7-20,31-33,35-38,40,52-53,58H,21-23H2,1-6H3,(H,49,55)/t31-,32-,33+,35-,36+,37+,38-,40-,45+,46-,47+/m0/s1. The smallest absolute Gasteiger partial charge is 0.338 e. The number of nitrogens with one attached hydrogen (secondary N) is 1. The second-order valence-corrected chi connectivity index (χ2v) is 17.9. The van der Waals surface area contributed by atoms with Crippen molar-refractivity contribution in [1.29, 1.82) is 0 Å². The average Bonchev–Trinajstić information content (AvgIpc) is 3.24. The highest BCUT2D eigenvalue weighted by molar-refractivity contribution is 6.30. The number of hydrogen-bond acceptors (Lipinski definition) is 14. The van der Waals surface area contributed by atoms with Crippen LogP contribution in [0.3, 0.4) is 0 Å². The number of carbonyl (C=O) groups is 6. The summed E-state index contributed by atoms with van der Waals surface area (Å²) in [6, 6.07) is 20.6. The van der Waals surface area contributed by atoms with Gasteiger partial charge in [-0.2, -0.15) is 0 Å². The van der Waals surface area contributed by atoms with Crippen LogP contribution in [0.5, 0.6) is 0 Å². The molecule has 3 aliphatic carbocycles. The molecule has 2 bridgehead atoms. The van der Waals surface area contributed by atoms with E-state index in [1.165, 1.54) is 50.2 Å². The van der Waals surface area contributed by atoms with E-state index in [2.05, 4.69) is 5.32 Å². The fraction of sp³-hybridized carbons (Fsp3) is 0.447. The minimum absolute atomic E-state index is 0.0171. The predicted octanol–water partition coefficient (Wildman–Crippen LogP) is 4.39. The second-order valence-electron chi connectivity index (χ2n) is 17.5. The number of ketones is 1. The Hall–Kier alpha value is -5.45. The van der Waals surface area contributed by atoms with Gasteiger partial charge in [-0.25, -0.2) is 9.59 Å². The van der Waals surface area contributed by atoms with Gasteiger partial charge in [-0.1, -0.05) is 74.0 Å². The molecule has 1 heterocycles. The fourth-order valence-corrected chi connectivity index (χ4v) is 10.3. The molecule has 3 aromatic carbocycles. The van der Waals surface area contributed by atoms with Gasteiger partial charge in [-0.3, -0.25) is 19.2 Å². The van der Waals surface area contributed by atoms with Crippen LogP contribution in [0.2, 0.25) is 5.02 Å². The number of aliphatic hydroxyl groups excluding tert-OH is 2. The first-order chi connectivity index (χ1) is 29.7. The third-order valence-corrected chi connectivity index (χ3v) is 13.8. The minimum Gasteiger partial charge on any atom is -0.456 e. The molecular formula is C47H50ClNO14. The minimum atomic E-state index is -2.41. The van der Waals surface area contributed by atoms with Crippen LogP contribution in [0.25, 0.3) is 0 Å². The van der Waals surface area contributed by atoms with Crippen molar-refractivity contribution in [2.45, 2.75) is 108 Å². The number of ether oxygens (including phenoxy) is 5. The molecule has 1 amide bonds. The van der Waals surface area contributed by atoms with E-state index in [0.29, 0.717) is 5.02 Å². The Morgan fingerprint density at radius 1 is 0.857 bits per heavy atom. The van der Waals surface area contributed by atoms with Crippen molar-refractivity contribution in [3.63, 3.8) is 0 Å². The van der Waals surface area contributed by atoms with Crippen molar-refractivity contribution >= 4 is 47.2 Å². The molecule has 4 N–H and O–H groups in total. The summed E-state index contributed by atoms with van der Waals surface area (Å²) in [7, 11) is 0. The number of rotatable bonds is 10. The molecule has 63 heavy (non-hydrogen) atoms. The molecule has 7 rings (SSSR count). The van der Waals surface area contributed by atoms with Gasteiger partial charge in [0.25, 0.3) is 5.91 Å². The van der Waals surface area contributed by atoms with Gasteiger partial charge < -0.3 is 44.3 Å². The van der Waals surface area contributed by atoms with Crippen LogP contribution < -0.4 is 5.32 Å². The van der Waals surface area contributed by atoms with E-state index in [1.807, 2.05) is 0 Å². The zero-order valence-corrected chi connectivity index (χ0v) is 36.3. The molecule has 0 aromatic heterocycles. The molecule has 1 aliphatic heterocycles. The highest BCUT2D eigenvalue weighted by Crippen LogP contribution is 2.64. The number of halogens is 1. The number of fused-ring (bicyclic) bond motifs is 5. The van der Waals surface area contributed by atoms with Crippen LogP contribution >= 0.6 is 11.6 Å². The summed E-state index contributed by atoms with van der Waals surface area (Å²) in [6.45, 7) is 7.92. The molecule has 11 atom stereocenters. The van der Waals surface area contributed by atoms with Gasteiger partial charge in [0.15, 0.2) is 23.6 Å². The Morgan fingerprint density at radius 3 is 2.02 bits per heavy atom. The molecular weight excluding hydrogens is 838 g/mol. The van der Waals surface area contributed by atoms with Crippen LogP contribution in [0.15, 0.2) is 96.1 Å². The monoisotopic (exact) mass is 887 g/mol. The summed E-state index contributed by atoms with van der Waals surface area (Å²) in [5, 5.41) is 40.6. The topological polar surface area (TPSA) is 221 Å². The number of benzene rings is 3. The average molecular weight is 888 g/mol. The van der Waals surface area contributed by atoms with Gasteiger partial charge in [0.1, 0.15) is 23.9 Å². The van der Waals surface area contributed by atoms with Crippen LogP contribution in [-0.4, -0.2) is 105 Å². The van der Waals surface area contributed by atoms with Crippen molar-refractivity contribution < 1.29 is 67.8 Å². The summed E-state index contributed by atoms with van der Waals surface area (Å²) in [6.07, 6.45) is -10.7. The molecule has 15 nitrogen and oxygen atoms in total. The van der Waals surface area contributed by atoms with E-state index < -0.39 is 113 Å². The molecule has 0 radical (unpaired) electrons. The highest BCUT2D eigenvalue weighted by Gasteiger charge is 2.78. The molecule has 2 saturated carbocycles. The zero-order valence-electron chi connectivity index (χ0n) is 35.5. The van der Waals surface area contributed by atoms with Gasteiger partial charge in [-0.05, 0) is 67.0 Å². The molecule has 1 saturated heterocycles. The lowest BCUT2D eigenvalue weighted by atomic mass is 9.44. The van der Waals surface area contributed by atoms with E-state index in [1.54, 1.807) is 62.4 Å². The van der Waals surface area contributed by atoms with E-state index in [0.717, 1.165) is 13.8 Å². The van der Waals surface area contributed by atoms with Crippen molar-refractivity contribution in [2.75, 3.05) is 6.61 Å². The van der Waals surface area contributed by atoms with Gasteiger partial charge in [0.2, 0.25) is 0 Å². The molecule has 0 spiro atoms.